The summed E-state index contributed by atoms with van der Waals surface area (Å²) in [6.45, 7) is 1.25. The molecule has 1 aliphatic heterocycles. The van der Waals surface area contributed by atoms with Crippen molar-refractivity contribution in [2.45, 2.75) is 13.0 Å². The van der Waals surface area contributed by atoms with Crippen LogP contribution in [0.25, 0.3) is 0 Å². The van der Waals surface area contributed by atoms with Gasteiger partial charge in [-0.15, -0.1) is 0 Å². The Hall–Kier alpha value is -3.16. The van der Waals surface area contributed by atoms with Crippen molar-refractivity contribution in [3.63, 3.8) is 0 Å². The second-order valence-corrected chi connectivity index (χ2v) is 7.96. The van der Waals surface area contributed by atoms with E-state index >= 15 is 0 Å². The van der Waals surface area contributed by atoms with E-state index in [1.165, 1.54) is 4.90 Å². The van der Waals surface area contributed by atoms with Gasteiger partial charge >= 0.3 is 0 Å². The first-order chi connectivity index (χ1) is 14.5. The zero-order valence-electron chi connectivity index (χ0n) is 17.2. The summed E-state index contributed by atoms with van der Waals surface area (Å²) in [7, 11) is 3.26. The zero-order valence-corrected chi connectivity index (χ0v) is 17.2. The molecule has 1 heterocycles. The molecule has 1 aromatic rings. The van der Waals surface area contributed by atoms with Gasteiger partial charge in [-0.25, -0.2) is 0 Å². The summed E-state index contributed by atoms with van der Waals surface area (Å²) in [5.74, 6) is 0.531. The van der Waals surface area contributed by atoms with Crippen LogP contribution in [0.1, 0.15) is 22.3 Å². The molecule has 1 saturated heterocycles. The van der Waals surface area contributed by atoms with Crippen LogP contribution in [-0.4, -0.2) is 55.8 Å². The van der Waals surface area contributed by atoms with Crippen LogP contribution >= 0.6 is 0 Å². The Kier molecular flexibility index (Phi) is 5.57. The first-order valence-corrected chi connectivity index (χ1v) is 10.3. The number of fused-ring (bicyclic) bond motifs is 5. The van der Waals surface area contributed by atoms with Gasteiger partial charge in [-0.3, -0.25) is 24.3 Å². The van der Waals surface area contributed by atoms with E-state index in [2.05, 4.69) is 33.1 Å². The van der Waals surface area contributed by atoms with Gasteiger partial charge < -0.3 is 16.0 Å². The summed E-state index contributed by atoms with van der Waals surface area (Å²) in [5, 5.41) is 8.96. The van der Waals surface area contributed by atoms with E-state index in [1.54, 1.807) is 20.2 Å². The van der Waals surface area contributed by atoms with Crippen molar-refractivity contribution < 1.29 is 14.4 Å². The van der Waals surface area contributed by atoms with Crippen molar-refractivity contribution in [1.29, 1.82) is 0 Å². The number of likely N-dealkylation sites (tertiary alicyclic amines) is 1. The fourth-order valence-corrected chi connectivity index (χ4v) is 4.84. The fourth-order valence-electron chi connectivity index (χ4n) is 4.84. The Morgan fingerprint density at radius 3 is 2.47 bits per heavy atom. The third-order valence-electron chi connectivity index (χ3n) is 6.29. The standard InChI is InChI=1S/C22H27N5O3/c1-23-19(28)16-5-3-4-13(10-16)12-26-22(24-2)25-8-9-27-20(29)17-14-6-7-15(11-14)18(17)21(27)30/h3-7,10,14-15,17-18H,8-9,11-12H2,1-2H3,(H,23,28)(H2,24,25,26). The largest absolute Gasteiger partial charge is 0.355 e. The number of carbonyl (C=O) groups excluding carboxylic acids is 3. The first-order valence-electron chi connectivity index (χ1n) is 10.3. The van der Waals surface area contributed by atoms with E-state index in [-0.39, 0.29) is 41.4 Å². The smallest absolute Gasteiger partial charge is 0.251 e. The minimum absolute atomic E-state index is 0.0300. The maximum Gasteiger partial charge on any atom is 0.251 e. The highest BCUT2D eigenvalue weighted by Gasteiger charge is 2.58. The number of nitrogens with zero attached hydrogens (tertiary/aromatic N) is 2. The summed E-state index contributed by atoms with van der Waals surface area (Å²) in [6.07, 6.45) is 5.14. The van der Waals surface area contributed by atoms with Gasteiger partial charge in [-0.1, -0.05) is 24.3 Å². The van der Waals surface area contributed by atoms with E-state index in [9.17, 15) is 14.4 Å². The van der Waals surface area contributed by atoms with Gasteiger partial charge in [0.05, 0.1) is 11.8 Å². The van der Waals surface area contributed by atoms with Gasteiger partial charge in [0.15, 0.2) is 5.96 Å². The third kappa shape index (κ3) is 3.58. The minimum Gasteiger partial charge on any atom is -0.355 e. The van der Waals surface area contributed by atoms with Crippen LogP contribution in [0, 0.1) is 23.7 Å². The summed E-state index contributed by atoms with van der Waals surface area (Å²) in [5.41, 5.74) is 1.54. The maximum absolute atomic E-state index is 12.7. The number of hydrogen-bond acceptors (Lipinski definition) is 4. The van der Waals surface area contributed by atoms with Crippen LogP contribution in [0.2, 0.25) is 0 Å². The highest BCUT2D eigenvalue weighted by Crippen LogP contribution is 2.52. The number of aliphatic imine (C=N–C) groups is 1. The number of guanidine groups is 1. The van der Waals surface area contributed by atoms with Crippen LogP contribution in [0.15, 0.2) is 41.4 Å². The predicted octanol–water partition coefficient (Wildman–Crippen LogP) is 0.518. The lowest BCUT2D eigenvalue weighted by Crippen LogP contribution is -2.43. The molecule has 1 saturated carbocycles. The monoisotopic (exact) mass is 409 g/mol. The zero-order chi connectivity index (χ0) is 21.3. The second kappa shape index (κ2) is 8.30. The normalized spacial score (nSPS) is 26.9. The molecule has 3 amide bonds. The molecule has 8 heteroatoms. The summed E-state index contributed by atoms with van der Waals surface area (Å²) >= 11 is 0. The number of rotatable bonds is 6. The molecule has 1 aromatic carbocycles. The lowest BCUT2D eigenvalue weighted by atomic mass is 9.85. The van der Waals surface area contributed by atoms with Gasteiger partial charge in [-0.05, 0) is 36.0 Å². The van der Waals surface area contributed by atoms with E-state index in [4.69, 9.17) is 0 Å². The van der Waals surface area contributed by atoms with Crippen molar-refractivity contribution in [3.8, 4) is 0 Å². The molecule has 2 fully saturated rings. The number of benzene rings is 1. The lowest BCUT2D eigenvalue weighted by Gasteiger charge is -2.18. The van der Waals surface area contributed by atoms with Crippen LogP contribution in [-0.2, 0) is 16.1 Å². The molecule has 4 atom stereocenters. The van der Waals surface area contributed by atoms with Gasteiger partial charge in [-0.2, -0.15) is 0 Å². The van der Waals surface area contributed by atoms with Crippen molar-refractivity contribution in [2.24, 2.45) is 28.7 Å². The highest BCUT2D eigenvalue weighted by molar-refractivity contribution is 6.06. The van der Waals surface area contributed by atoms with E-state index in [0.717, 1.165) is 12.0 Å². The topological polar surface area (TPSA) is 103 Å². The molecule has 0 aromatic heterocycles. The van der Waals surface area contributed by atoms with Crippen molar-refractivity contribution in [2.75, 3.05) is 27.2 Å². The molecule has 4 unspecified atom stereocenters. The molecule has 8 nitrogen and oxygen atoms in total. The molecular weight excluding hydrogens is 382 g/mol. The van der Waals surface area contributed by atoms with Gasteiger partial charge in [0.2, 0.25) is 11.8 Å². The minimum atomic E-state index is -0.155. The third-order valence-corrected chi connectivity index (χ3v) is 6.29. The molecule has 30 heavy (non-hydrogen) atoms. The van der Waals surface area contributed by atoms with Crippen molar-refractivity contribution >= 4 is 23.7 Å². The predicted molar refractivity (Wildman–Crippen MR) is 112 cm³/mol. The average Bonchev–Trinajstić information content (AvgIpc) is 3.45. The molecule has 4 rings (SSSR count). The van der Waals surface area contributed by atoms with E-state index in [1.807, 2.05) is 18.2 Å². The number of imide groups is 1. The quantitative estimate of drug-likeness (QED) is 0.275. The Morgan fingerprint density at radius 1 is 1.13 bits per heavy atom. The van der Waals surface area contributed by atoms with E-state index < -0.39 is 0 Å². The van der Waals surface area contributed by atoms with Crippen LogP contribution in [0.3, 0.4) is 0 Å². The average molecular weight is 409 g/mol. The molecular formula is C22H27N5O3. The molecule has 0 spiro atoms. The SMILES string of the molecule is CN=C(NCCN1C(=O)C2C3C=CC(C3)C2C1=O)NCc1cccc(C(=O)NC)c1. The second-order valence-electron chi connectivity index (χ2n) is 7.96. The summed E-state index contributed by atoms with van der Waals surface area (Å²) in [4.78, 5) is 42.8. The Labute approximate surface area is 175 Å². The highest BCUT2D eigenvalue weighted by atomic mass is 16.2. The number of hydrogen-bond donors (Lipinski definition) is 3. The number of carbonyl (C=O) groups is 3. The number of amides is 3. The number of nitrogens with one attached hydrogen (secondary N) is 3. The van der Waals surface area contributed by atoms with Gasteiger partial charge in [0.25, 0.3) is 5.91 Å². The summed E-state index contributed by atoms with van der Waals surface area (Å²) < 4.78 is 0. The molecule has 2 bridgehead atoms. The fraction of sp³-hybridized carbons (Fsp3) is 0.455. The van der Waals surface area contributed by atoms with Crippen molar-refractivity contribution in [3.05, 3.63) is 47.5 Å². The van der Waals surface area contributed by atoms with Crippen LogP contribution < -0.4 is 16.0 Å². The summed E-state index contributed by atoms with van der Waals surface area (Å²) in [6, 6.07) is 7.34. The Bertz CT molecular complexity index is 895. The van der Waals surface area contributed by atoms with Gasteiger partial charge in [0.1, 0.15) is 0 Å². The van der Waals surface area contributed by atoms with E-state index in [0.29, 0.717) is 31.2 Å². The van der Waals surface area contributed by atoms with Crippen molar-refractivity contribution in [1.82, 2.24) is 20.9 Å². The molecule has 3 aliphatic rings. The Balaban J connectivity index is 1.27. The molecule has 158 valence electrons. The lowest BCUT2D eigenvalue weighted by molar-refractivity contribution is -0.140. The molecule has 3 N–H and O–H groups in total. The van der Waals surface area contributed by atoms with Crippen LogP contribution in [0.5, 0.6) is 0 Å². The number of allylic oxidation sites excluding steroid dienone is 2. The van der Waals surface area contributed by atoms with Crippen LogP contribution in [0.4, 0.5) is 0 Å². The molecule has 0 radical (unpaired) electrons. The van der Waals surface area contributed by atoms with Gasteiger partial charge in [0, 0.05) is 39.3 Å². The Morgan fingerprint density at radius 2 is 1.83 bits per heavy atom. The maximum atomic E-state index is 12.7. The molecule has 2 aliphatic carbocycles. The first kappa shape index (κ1) is 20.1.